The molecule has 0 atom stereocenters. The summed E-state index contributed by atoms with van der Waals surface area (Å²) < 4.78 is 29.0. The third kappa shape index (κ3) is 5.14. The Morgan fingerprint density at radius 1 is 0.935 bits per heavy atom. The molecule has 2 heterocycles. The highest BCUT2D eigenvalue weighted by atomic mass is 32.2. The second-order valence-electron chi connectivity index (χ2n) is 6.71. The summed E-state index contributed by atoms with van der Waals surface area (Å²) in [4.78, 5) is 16.7. The maximum Gasteiger partial charge on any atom is 0.261 e. The van der Waals surface area contributed by atoms with Crippen LogP contribution in [-0.4, -0.2) is 29.1 Å². The van der Waals surface area contributed by atoms with Gasteiger partial charge in [0.25, 0.3) is 15.9 Å². The molecular formula is C22H19N5O3S. The van der Waals surface area contributed by atoms with E-state index in [2.05, 4.69) is 20.1 Å². The number of carbonyl (C=O) groups excluding carboxylic acids is 1. The molecular weight excluding hydrogens is 414 g/mol. The fourth-order valence-electron chi connectivity index (χ4n) is 2.89. The van der Waals surface area contributed by atoms with Crippen LogP contribution in [0.1, 0.15) is 15.9 Å². The highest BCUT2D eigenvalue weighted by molar-refractivity contribution is 7.92. The lowest BCUT2D eigenvalue weighted by molar-refractivity contribution is 0.102. The number of amides is 1. The molecule has 0 saturated heterocycles. The van der Waals surface area contributed by atoms with E-state index in [0.29, 0.717) is 23.6 Å². The van der Waals surface area contributed by atoms with Crippen molar-refractivity contribution < 1.29 is 13.2 Å². The number of aromatic nitrogens is 3. The van der Waals surface area contributed by atoms with E-state index < -0.39 is 10.0 Å². The third-order valence-electron chi connectivity index (χ3n) is 4.40. The normalized spacial score (nSPS) is 11.1. The lowest BCUT2D eigenvalue weighted by Gasteiger charge is -2.09. The van der Waals surface area contributed by atoms with Crippen LogP contribution in [-0.2, 0) is 16.6 Å². The van der Waals surface area contributed by atoms with Crippen molar-refractivity contribution in [2.45, 2.75) is 11.4 Å². The SMILES string of the molecule is O=C(Nc1ccn(Cc2cccnc2)n1)c1ccc(NS(=O)(=O)c2ccccc2)cc1. The van der Waals surface area contributed by atoms with E-state index in [-0.39, 0.29) is 10.8 Å². The van der Waals surface area contributed by atoms with Crippen LogP contribution in [0.2, 0.25) is 0 Å². The lowest BCUT2D eigenvalue weighted by atomic mass is 10.2. The highest BCUT2D eigenvalue weighted by Gasteiger charge is 2.14. The number of pyridine rings is 1. The number of benzene rings is 2. The van der Waals surface area contributed by atoms with Crippen molar-refractivity contribution >= 4 is 27.4 Å². The van der Waals surface area contributed by atoms with E-state index in [1.807, 2.05) is 12.1 Å². The monoisotopic (exact) mass is 433 g/mol. The Bertz CT molecular complexity index is 1270. The molecule has 0 aliphatic heterocycles. The van der Waals surface area contributed by atoms with Gasteiger partial charge >= 0.3 is 0 Å². The molecule has 0 bridgehead atoms. The highest BCUT2D eigenvalue weighted by Crippen LogP contribution is 2.17. The van der Waals surface area contributed by atoms with Crippen molar-refractivity contribution in [1.82, 2.24) is 14.8 Å². The predicted molar refractivity (Wildman–Crippen MR) is 117 cm³/mol. The number of carbonyl (C=O) groups is 1. The van der Waals surface area contributed by atoms with Crippen LogP contribution in [0.5, 0.6) is 0 Å². The minimum Gasteiger partial charge on any atom is -0.305 e. The average Bonchev–Trinajstić information content (AvgIpc) is 3.22. The maximum atomic E-state index is 12.5. The Hall–Kier alpha value is -3.98. The molecule has 0 unspecified atom stereocenters. The molecule has 1 amide bonds. The number of nitrogens with one attached hydrogen (secondary N) is 2. The second kappa shape index (κ2) is 8.80. The fourth-order valence-corrected chi connectivity index (χ4v) is 3.97. The van der Waals surface area contributed by atoms with Gasteiger partial charge in [-0.25, -0.2) is 8.42 Å². The molecule has 156 valence electrons. The van der Waals surface area contributed by atoms with Crippen molar-refractivity contribution in [2.75, 3.05) is 10.0 Å². The molecule has 8 nitrogen and oxygen atoms in total. The molecule has 4 aromatic rings. The van der Waals surface area contributed by atoms with Crippen LogP contribution < -0.4 is 10.0 Å². The molecule has 0 radical (unpaired) electrons. The third-order valence-corrected chi connectivity index (χ3v) is 5.80. The number of sulfonamides is 1. The van der Waals surface area contributed by atoms with Crippen LogP contribution >= 0.6 is 0 Å². The Labute approximate surface area is 179 Å². The van der Waals surface area contributed by atoms with Crippen LogP contribution in [0.4, 0.5) is 11.5 Å². The average molecular weight is 433 g/mol. The summed E-state index contributed by atoms with van der Waals surface area (Å²) in [5, 5.41) is 7.07. The zero-order chi connectivity index (χ0) is 21.7. The van der Waals surface area contributed by atoms with E-state index in [9.17, 15) is 13.2 Å². The van der Waals surface area contributed by atoms with Crippen LogP contribution in [0, 0.1) is 0 Å². The molecule has 2 aromatic carbocycles. The molecule has 0 aliphatic carbocycles. The molecule has 2 N–H and O–H groups in total. The summed E-state index contributed by atoms with van der Waals surface area (Å²) in [7, 11) is -3.69. The van der Waals surface area contributed by atoms with E-state index >= 15 is 0 Å². The Balaban J connectivity index is 1.39. The van der Waals surface area contributed by atoms with Crippen LogP contribution in [0.25, 0.3) is 0 Å². The van der Waals surface area contributed by atoms with Gasteiger partial charge in [-0.2, -0.15) is 5.10 Å². The first kappa shape index (κ1) is 20.3. The second-order valence-corrected chi connectivity index (χ2v) is 8.39. The Morgan fingerprint density at radius 3 is 2.42 bits per heavy atom. The van der Waals surface area contributed by atoms with Gasteiger partial charge in [0.15, 0.2) is 5.82 Å². The topological polar surface area (TPSA) is 106 Å². The van der Waals surface area contributed by atoms with Gasteiger partial charge in [0, 0.05) is 35.9 Å². The summed E-state index contributed by atoms with van der Waals surface area (Å²) >= 11 is 0. The molecule has 31 heavy (non-hydrogen) atoms. The summed E-state index contributed by atoms with van der Waals surface area (Å²) in [6.07, 6.45) is 5.23. The van der Waals surface area contributed by atoms with Crippen molar-refractivity contribution in [2.24, 2.45) is 0 Å². The molecule has 0 aliphatic rings. The number of anilines is 2. The number of nitrogens with zero attached hydrogens (tertiary/aromatic N) is 3. The quantitative estimate of drug-likeness (QED) is 0.465. The lowest BCUT2D eigenvalue weighted by Crippen LogP contribution is -2.14. The largest absolute Gasteiger partial charge is 0.305 e. The van der Waals surface area contributed by atoms with Crippen molar-refractivity contribution in [3.8, 4) is 0 Å². The van der Waals surface area contributed by atoms with Gasteiger partial charge in [-0.15, -0.1) is 0 Å². The first-order valence-electron chi connectivity index (χ1n) is 9.41. The molecule has 2 aromatic heterocycles. The minimum atomic E-state index is -3.69. The standard InChI is InChI=1S/C22H19N5O3S/c28-22(24-21-12-14-27(25-21)16-17-5-4-13-23-15-17)18-8-10-19(11-9-18)26-31(29,30)20-6-2-1-3-7-20/h1-15,26H,16H2,(H,24,25,28). The van der Waals surface area contributed by atoms with Gasteiger partial charge in [0.1, 0.15) is 0 Å². The molecule has 0 saturated carbocycles. The fraction of sp³-hybridized carbons (Fsp3) is 0.0455. The number of hydrogen-bond donors (Lipinski definition) is 2. The van der Waals surface area contributed by atoms with Gasteiger partial charge in [-0.1, -0.05) is 24.3 Å². The number of hydrogen-bond acceptors (Lipinski definition) is 5. The zero-order valence-electron chi connectivity index (χ0n) is 16.3. The van der Waals surface area contributed by atoms with E-state index in [4.69, 9.17) is 0 Å². The Morgan fingerprint density at radius 2 is 1.71 bits per heavy atom. The van der Waals surface area contributed by atoms with Crippen LogP contribution in [0.3, 0.4) is 0 Å². The number of rotatable bonds is 7. The van der Waals surface area contributed by atoms with Crippen molar-refractivity contribution in [3.05, 3.63) is 103 Å². The van der Waals surface area contributed by atoms with E-state index in [1.165, 1.54) is 24.3 Å². The maximum absolute atomic E-state index is 12.5. The molecule has 0 fully saturated rings. The first-order chi connectivity index (χ1) is 15.0. The summed E-state index contributed by atoms with van der Waals surface area (Å²) in [6.45, 7) is 0.542. The van der Waals surface area contributed by atoms with Gasteiger partial charge in [-0.05, 0) is 48.0 Å². The molecule has 9 heteroatoms. The van der Waals surface area contributed by atoms with Gasteiger partial charge < -0.3 is 5.32 Å². The smallest absolute Gasteiger partial charge is 0.261 e. The van der Waals surface area contributed by atoms with E-state index in [0.717, 1.165) is 5.56 Å². The predicted octanol–water partition coefficient (Wildman–Crippen LogP) is 3.38. The molecule has 4 rings (SSSR count). The van der Waals surface area contributed by atoms with Gasteiger partial charge in [0.05, 0.1) is 11.4 Å². The summed E-state index contributed by atoms with van der Waals surface area (Å²) in [5.41, 5.74) is 1.74. The summed E-state index contributed by atoms with van der Waals surface area (Å²) in [6, 6.07) is 19.7. The van der Waals surface area contributed by atoms with Crippen LogP contribution in [0.15, 0.2) is 96.3 Å². The van der Waals surface area contributed by atoms with Crippen molar-refractivity contribution in [1.29, 1.82) is 0 Å². The van der Waals surface area contributed by atoms with E-state index in [1.54, 1.807) is 59.7 Å². The first-order valence-corrected chi connectivity index (χ1v) is 10.9. The van der Waals surface area contributed by atoms with Crippen molar-refractivity contribution in [3.63, 3.8) is 0 Å². The Kier molecular flexibility index (Phi) is 5.76. The zero-order valence-corrected chi connectivity index (χ0v) is 17.2. The minimum absolute atomic E-state index is 0.165. The summed E-state index contributed by atoms with van der Waals surface area (Å²) in [5.74, 6) is 0.0758. The van der Waals surface area contributed by atoms with Gasteiger partial charge in [0.2, 0.25) is 0 Å². The molecule has 0 spiro atoms. The van der Waals surface area contributed by atoms with Gasteiger partial charge in [-0.3, -0.25) is 19.2 Å².